The van der Waals surface area contributed by atoms with Crippen LogP contribution in [0.5, 0.6) is 0 Å². The van der Waals surface area contributed by atoms with Crippen LogP contribution in [0.15, 0.2) is 24.3 Å². The van der Waals surface area contributed by atoms with E-state index in [-0.39, 0.29) is 5.91 Å². The van der Waals surface area contributed by atoms with Crippen molar-refractivity contribution in [1.29, 1.82) is 0 Å². The largest absolute Gasteiger partial charge is 0.327 e. The first kappa shape index (κ1) is 8.97. The van der Waals surface area contributed by atoms with Gasteiger partial charge < -0.3 is 11.1 Å². The fraction of sp³-hybridized carbons (Fsp3) is 0.182. The molecule has 1 aromatic carbocycles. The smallest absolute Gasteiger partial charge is 0.228 e. The Labute approximate surface area is 82.6 Å². The van der Waals surface area contributed by atoms with Crippen molar-refractivity contribution in [2.24, 2.45) is 5.73 Å². The van der Waals surface area contributed by atoms with Gasteiger partial charge in [0, 0.05) is 6.54 Å². The molecular formula is C11H12N2O. The first-order valence-electron chi connectivity index (χ1n) is 4.59. The molecule has 1 aliphatic heterocycles. The summed E-state index contributed by atoms with van der Waals surface area (Å²) in [6, 6.07) is 5.89. The van der Waals surface area contributed by atoms with Crippen LogP contribution >= 0.6 is 0 Å². The van der Waals surface area contributed by atoms with E-state index in [1.807, 2.05) is 30.4 Å². The summed E-state index contributed by atoms with van der Waals surface area (Å²) < 4.78 is 0. The summed E-state index contributed by atoms with van der Waals surface area (Å²) in [6.45, 7) is 0.512. The number of carbonyl (C=O) groups excluding carboxylic acids is 1. The summed E-state index contributed by atoms with van der Waals surface area (Å²) in [5.41, 5.74) is 8.40. The molecule has 0 aliphatic carbocycles. The summed E-state index contributed by atoms with van der Waals surface area (Å²) in [5, 5.41) is 2.84. The minimum absolute atomic E-state index is 0.0635. The zero-order valence-electron chi connectivity index (χ0n) is 7.79. The zero-order valence-corrected chi connectivity index (χ0v) is 7.79. The van der Waals surface area contributed by atoms with E-state index in [2.05, 4.69) is 5.32 Å². The van der Waals surface area contributed by atoms with Crippen molar-refractivity contribution in [3.05, 3.63) is 35.4 Å². The van der Waals surface area contributed by atoms with Gasteiger partial charge in [-0.1, -0.05) is 30.4 Å². The minimum Gasteiger partial charge on any atom is -0.327 e. The lowest BCUT2D eigenvalue weighted by atomic mass is 10.1. The highest BCUT2D eigenvalue weighted by Gasteiger charge is 2.18. The number of hydrogen-bond donors (Lipinski definition) is 2. The van der Waals surface area contributed by atoms with Gasteiger partial charge >= 0.3 is 0 Å². The van der Waals surface area contributed by atoms with Gasteiger partial charge in [0.25, 0.3) is 0 Å². The van der Waals surface area contributed by atoms with Crippen LogP contribution in [0, 0.1) is 0 Å². The zero-order chi connectivity index (χ0) is 9.97. The van der Waals surface area contributed by atoms with Gasteiger partial charge in [0.2, 0.25) is 5.91 Å². The number of nitrogens with two attached hydrogens (primary N) is 1. The second-order valence-electron chi connectivity index (χ2n) is 3.24. The Bertz CT molecular complexity index is 396. The Balaban J connectivity index is 2.39. The van der Waals surface area contributed by atoms with Crippen LogP contribution in [0.3, 0.4) is 0 Å². The lowest BCUT2D eigenvalue weighted by molar-refractivity contribution is -0.115. The second-order valence-corrected chi connectivity index (χ2v) is 3.24. The number of rotatable bonds is 2. The van der Waals surface area contributed by atoms with Crippen LogP contribution in [0.25, 0.3) is 6.08 Å². The van der Waals surface area contributed by atoms with E-state index in [1.54, 1.807) is 0 Å². The summed E-state index contributed by atoms with van der Waals surface area (Å²) in [7, 11) is 0. The molecule has 0 atom stereocenters. The van der Waals surface area contributed by atoms with Gasteiger partial charge in [-0.15, -0.1) is 0 Å². The molecule has 3 nitrogen and oxygen atoms in total. The normalized spacial score (nSPS) is 14.5. The van der Waals surface area contributed by atoms with Crippen molar-refractivity contribution < 1.29 is 4.79 Å². The summed E-state index contributed by atoms with van der Waals surface area (Å²) in [5.74, 6) is 0.0635. The number of fused-ring (bicyclic) bond motifs is 1. The van der Waals surface area contributed by atoms with E-state index in [9.17, 15) is 4.79 Å². The molecule has 14 heavy (non-hydrogen) atoms. The molecule has 1 amide bonds. The van der Waals surface area contributed by atoms with Crippen molar-refractivity contribution >= 4 is 17.7 Å². The van der Waals surface area contributed by atoms with Crippen molar-refractivity contribution in [3.63, 3.8) is 0 Å². The molecule has 0 fully saturated rings. The van der Waals surface area contributed by atoms with Crippen LogP contribution in [0.1, 0.15) is 11.1 Å². The van der Waals surface area contributed by atoms with E-state index in [4.69, 9.17) is 5.73 Å². The highest BCUT2D eigenvalue weighted by atomic mass is 16.1. The summed E-state index contributed by atoms with van der Waals surface area (Å²) >= 11 is 0. The standard InChI is InChI=1S/C11H12N2O/c12-6-2-5-8-3-1-4-9-7-10(14)13-11(8)9/h1-5H,6-7,12H2,(H,13,14)/b5-2+. The van der Waals surface area contributed by atoms with Gasteiger partial charge in [-0.3, -0.25) is 4.79 Å². The van der Waals surface area contributed by atoms with Crippen LogP contribution in [-0.2, 0) is 11.2 Å². The summed E-state index contributed by atoms with van der Waals surface area (Å²) in [4.78, 5) is 11.2. The predicted octanol–water partition coefficient (Wildman–Crippen LogP) is 1.15. The Kier molecular flexibility index (Phi) is 2.33. The maximum Gasteiger partial charge on any atom is 0.228 e. The predicted molar refractivity (Wildman–Crippen MR) is 56.9 cm³/mol. The number of anilines is 1. The van der Waals surface area contributed by atoms with Crippen molar-refractivity contribution in [3.8, 4) is 0 Å². The average Bonchev–Trinajstić information content (AvgIpc) is 2.55. The number of benzene rings is 1. The van der Waals surface area contributed by atoms with Crippen LogP contribution in [0.2, 0.25) is 0 Å². The quantitative estimate of drug-likeness (QED) is 0.731. The van der Waals surface area contributed by atoms with E-state index in [0.717, 1.165) is 16.8 Å². The van der Waals surface area contributed by atoms with Crippen LogP contribution in [-0.4, -0.2) is 12.5 Å². The SMILES string of the molecule is NC/C=C/c1cccc2c1NC(=O)C2. The molecular weight excluding hydrogens is 176 g/mol. The topological polar surface area (TPSA) is 55.1 Å². The van der Waals surface area contributed by atoms with Gasteiger partial charge in [-0.25, -0.2) is 0 Å². The highest BCUT2D eigenvalue weighted by molar-refractivity contribution is 6.01. The molecule has 0 spiro atoms. The molecule has 0 saturated heterocycles. The molecule has 0 bridgehead atoms. The minimum atomic E-state index is 0.0635. The lowest BCUT2D eigenvalue weighted by Gasteiger charge is -2.02. The fourth-order valence-corrected chi connectivity index (χ4v) is 1.61. The molecule has 3 heteroatoms. The fourth-order valence-electron chi connectivity index (χ4n) is 1.61. The average molecular weight is 188 g/mol. The Morgan fingerprint density at radius 1 is 1.50 bits per heavy atom. The van der Waals surface area contributed by atoms with E-state index < -0.39 is 0 Å². The third-order valence-electron chi connectivity index (χ3n) is 2.23. The Hall–Kier alpha value is -1.61. The van der Waals surface area contributed by atoms with Crippen molar-refractivity contribution in [2.75, 3.05) is 11.9 Å². The molecule has 0 radical (unpaired) electrons. The number of nitrogens with one attached hydrogen (secondary N) is 1. The summed E-state index contributed by atoms with van der Waals surface area (Å²) in [6.07, 6.45) is 4.30. The molecule has 1 aliphatic rings. The molecule has 1 heterocycles. The molecule has 0 saturated carbocycles. The maximum atomic E-state index is 11.2. The van der Waals surface area contributed by atoms with Crippen molar-refractivity contribution in [1.82, 2.24) is 0 Å². The first-order chi connectivity index (χ1) is 6.81. The number of carbonyl (C=O) groups is 1. The Morgan fingerprint density at radius 2 is 2.36 bits per heavy atom. The van der Waals surface area contributed by atoms with Crippen LogP contribution < -0.4 is 11.1 Å². The van der Waals surface area contributed by atoms with Crippen molar-refractivity contribution in [2.45, 2.75) is 6.42 Å². The van der Waals surface area contributed by atoms with Gasteiger partial charge in [0.1, 0.15) is 0 Å². The van der Waals surface area contributed by atoms with E-state index >= 15 is 0 Å². The molecule has 0 unspecified atom stereocenters. The van der Waals surface area contributed by atoms with Gasteiger partial charge in [-0.2, -0.15) is 0 Å². The monoisotopic (exact) mass is 188 g/mol. The number of hydrogen-bond acceptors (Lipinski definition) is 2. The van der Waals surface area contributed by atoms with Gasteiger partial charge in [0.05, 0.1) is 12.1 Å². The van der Waals surface area contributed by atoms with Crippen LogP contribution in [0.4, 0.5) is 5.69 Å². The van der Waals surface area contributed by atoms with Gasteiger partial charge in [-0.05, 0) is 11.1 Å². The lowest BCUT2D eigenvalue weighted by Crippen LogP contribution is -2.04. The Morgan fingerprint density at radius 3 is 3.14 bits per heavy atom. The number of amides is 1. The third kappa shape index (κ3) is 1.54. The molecule has 1 aromatic rings. The molecule has 0 aromatic heterocycles. The second kappa shape index (κ2) is 3.64. The maximum absolute atomic E-state index is 11.2. The molecule has 3 N–H and O–H groups in total. The van der Waals surface area contributed by atoms with E-state index in [1.165, 1.54) is 0 Å². The third-order valence-corrected chi connectivity index (χ3v) is 2.23. The first-order valence-corrected chi connectivity index (χ1v) is 4.59. The molecule has 72 valence electrons. The van der Waals surface area contributed by atoms with E-state index in [0.29, 0.717) is 13.0 Å². The van der Waals surface area contributed by atoms with Gasteiger partial charge in [0.15, 0.2) is 0 Å². The number of para-hydroxylation sites is 1. The highest BCUT2D eigenvalue weighted by Crippen LogP contribution is 2.27. The molecule has 2 rings (SSSR count).